The minimum Gasteiger partial charge on any atom is -0.466 e. The fraction of sp³-hybridized carbons (Fsp3) is 0.429. The Morgan fingerprint density at radius 2 is 1.89 bits per heavy atom. The Morgan fingerprint density at radius 1 is 1.22 bits per heavy atom. The summed E-state index contributed by atoms with van der Waals surface area (Å²) in [7, 11) is 0. The second kappa shape index (κ2) is 9.22. The summed E-state index contributed by atoms with van der Waals surface area (Å²) in [6, 6.07) is 7.46. The molecule has 1 rings (SSSR count). The number of anilines is 1. The normalized spacial score (nSPS) is 8.89. The van der Waals surface area contributed by atoms with Gasteiger partial charge in [-0.05, 0) is 17.7 Å². The molecular formula is C14H21NO3. The summed E-state index contributed by atoms with van der Waals surface area (Å²) in [4.78, 5) is 21.4. The van der Waals surface area contributed by atoms with Crippen molar-refractivity contribution in [3.8, 4) is 0 Å². The van der Waals surface area contributed by atoms with Crippen LogP contribution in [0.25, 0.3) is 0 Å². The first-order chi connectivity index (χ1) is 8.58. The maximum absolute atomic E-state index is 10.8. The van der Waals surface area contributed by atoms with E-state index in [2.05, 4.69) is 5.32 Å². The van der Waals surface area contributed by atoms with Crippen LogP contribution >= 0.6 is 0 Å². The zero-order valence-electron chi connectivity index (χ0n) is 11.4. The maximum atomic E-state index is 10.8. The number of carbonyl (C=O) groups excluding carboxylic acids is 2. The Bertz CT molecular complexity index is 388. The highest BCUT2D eigenvalue weighted by Crippen LogP contribution is 2.11. The van der Waals surface area contributed by atoms with Crippen LogP contribution in [0.2, 0.25) is 0 Å². The Kier molecular flexibility index (Phi) is 8.27. The zero-order chi connectivity index (χ0) is 14.0. The summed E-state index contributed by atoms with van der Waals surface area (Å²) in [5.41, 5.74) is 1.78. The summed E-state index contributed by atoms with van der Waals surface area (Å²) in [6.45, 7) is 7.21. The van der Waals surface area contributed by atoms with Gasteiger partial charge in [-0.3, -0.25) is 9.59 Å². The molecule has 0 atom stereocenters. The van der Waals surface area contributed by atoms with Gasteiger partial charge in [0.15, 0.2) is 0 Å². The molecule has 0 unspecified atom stereocenters. The summed E-state index contributed by atoms with van der Waals surface area (Å²) in [6.07, 6.45) is 0.646. The SMILES string of the molecule is CC.CC(=O)Nc1cccc(CCOC(C)=O)c1. The van der Waals surface area contributed by atoms with Crippen molar-refractivity contribution in [3.05, 3.63) is 29.8 Å². The third-order valence-electron chi connectivity index (χ3n) is 1.94. The second-order valence-electron chi connectivity index (χ2n) is 3.47. The highest BCUT2D eigenvalue weighted by atomic mass is 16.5. The van der Waals surface area contributed by atoms with E-state index in [0.717, 1.165) is 11.3 Å². The highest BCUT2D eigenvalue weighted by molar-refractivity contribution is 5.88. The fourth-order valence-electron chi connectivity index (χ4n) is 1.32. The minimum absolute atomic E-state index is 0.0999. The van der Waals surface area contributed by atoms with Crippen LogP contribution in [0.5, 0.6) is 0 Å². The van der Waals surface area contributed by atoms with Gasteiger partial charge < -0.3 is 10.1 Å². The van der Waals surface area contributed by atoms with Crippen molar-refractivity contribution in [2.24, 2.45) is 0 Å². The van der Waals surface area contributed by atoms with Crippen LogP contribution in [0.15, 0.2) is 24.3 Å². The van der Waals surface area contributed by atoms with Gasteiger partial charge in [0.2, 0.25) is 5.91 Å². The van der Waals surface area contributed by atoms with Gasteiger partial charge in [0.05, 0.1) is 6.61 Å². The van der Waals surface area contributed by atoms with Crippen LogP contribution in [0.1, 0.15) is 33.3 Å². The van der Waals surface area contributed by atoms with E-state index in [1.807, 2.05) is 38.1 Å². The summed E-state index contributed by atoms with van der Waals surface area (Å²) in [5.74, 6) is -0.379. The van der Waals surface area contributed by atoms with E-state index in [0.29, 0.717) is 13.0 Å². The predicted octanol–water partition coefficient (Wildman–Crippen LogP) is 2.78. The number of rotatable bonds is 4. The van der Waals surface area contributed by atoms with Gasteiger partial charge in [0.1, 0.15) is 0 Å². The molecule has 0 saturated heterocycles. The Balaban J connectivity index is 0.00000137. The second-order valence-corrected chi connectivity index (χ2v) is 3.47. The molecule has 18 heavy (non-hydrogen) atoms. The van der Waals surface area contributed by atoms with Gasteiger partial charge >= 0.3 is 5.97 Å². The van der Waals surface area contributed by atoms with E-state index in [9.17, 15) is 9.59 Å². The average molecular weight is 251 g/mol. The van der Waals surface area contributed by atoms with E-state index in [4.69, 9.17) is 4.74 Å². The number of carbonyl (C=O) groups is 2. The Labute approximate surface area is 108 Å². The first kappa shape index (κ1) is 16.2. The molecule has 0 aromatic heterocycles. The number of nitrogens with one attached hydrogen (secondary N) is 1. The number of hydrogen-bond acceptors (Lipinski definition) is 3. The summed E-state index contributed by atoms with van der Waals surface area (Å²) < 4.78 is 4.84. The number of amides is 1. The van der Waals surface area contributed by atoms with Crippen LogP contribution < -0.4 is 5.32 Å². The average Bonchev–Trinajstić information content (AvgIpc) is 2.31. The fourth-order valence-corrected chi connectivity index (χ4v) is 1.32. The molecule has 0 aliphatic rings. The highest BCUT2D eigenvalue weighted by Gasteiger charge is 1.99. The topological polar surface area (TPSA) is 55.4 Å². The van der Waals surface area contributed by atoms with Gasteiger partial charge in [-0.15, -0.1) is 0 Å². The lowest BCUT2D eigenvalue weighted by Gasteiger charge is -2.05. The van der Waals surface area contributed by atoms with E-state index in [1.165, 1.54) is 13.8 Å². The van der Waals surface area contributed by atoms with Gasteiger partial charge in [0, 0.05) is 26.0 Å². The molecule has 0 radical (unpaired) electrons. The van der Waals surface area contributed by atoms with E-state index >= 15 is 0 Å². The van der Waals surface area contributed by atoms with E-state index in [-0.39, 0.29) is 11.9 Å². The number of benzene rings is 1. The van der Waals surface area contributed by atoms with Crippen molar-refractivity contribution < 1.29 is 14.3 Å². The summed E-state index contributed by atoms with van der Waals surface area (Å²) >= 11 is 0. The molecule has 100 valence electrons. The zero-order valence-corrected chi connectivity index (χ0v) is 11.4. The van der Waals surface area contributed by atoms with Crippen LogP contribution in [-0.4, -0.2) is 18.5 Å². The number of esters is 1. The van der Waals surface area contributed by atoms with Crippen molar-refractivity contribution in [2.45, 2.75) is 34.1 Å². The van der Waals surface area contributed by atoms with Crippen molar-refractivity contribution >= 4 is 17.6 Å². The molecule has 4 heteroatoms. The molecule has 0 bridgehead atoms. The summed E-state index contributed by atoms with van der Waals surface area (Å²) in [5, 5.41) is 2.70. The Morgan fingerprint density at radius 3 is 2.44 bits per heavy atom. The van der Waals surface area contributed by atoms with Crippen LogP contribution in [0.3, 0.4) is 0 Å². The molecule has 0 aliphatic heterocycles. The lowest BCUT2D eigenvalue weighted by Crippen LogP contribution is -2.07. The maximum Gasteiger partial charge on any atom is 0.302 e. The van der Waals surface area contributed by atoms with E-state index < -0.39 is 0 Å². The monoisotopic (exact) mass is 251 g/mol. The third kappa shape index (κ3) is 7.44. The first-order valence-corrected chi connectivity index (χ1v) is 6.08. The quantitative estimate of drug-likeness (QED) is 0.837. The Hall–Kier alpha value is -1.84. The first-order valence-electron chi connectivity index (χ1n) is 6.08. The molecule has 1 aromatic rings. The van der Waals surface area contributed by atoms with Crippen LogP contribution in [-0.2, 0) is 20.7 Å². The molecule has 0 spiro atoms. The molecule has 0 saturated carbocycles. The molecule has 4 nitrogen and oxygen atoms in total. The molecule has 1 aromatic carbocycles. The molecule has 1 N–H and O–H groups in total. The molecule has 1 amide bonds. The minimum atomic E-state index is -0.280. The lowest BCUT2D eigenvalue weighted by atomic mass is 10.1. The van der Waals surface area contributed by atoms with Crippen molar-refractivity contribution in [1.29, 1.82) is 0 Å². The van der Waals surface area contributed by atoms with Crippen molar-refractivity contribution in [3.63, 3.8) is 0 Å². The van der Waals surface area contributed by atoms with Gasteiger partial charge in [0.25, 0.3) is 0 Å². The third-order valence-corrected chi connectivity index (χ3v) is 1.94. The van der Waals surface area contributed by atoms with Gasteiger partial charge in [-0.25, -0.2) is 0 Å². The van der Waals surface area contributed by atoms with Gasteiger partial charge in [-0.2, -0.15) is 0 Å². The number of ether oxygens (including phenoxy) is 1. The lowest BCUT2D eigenvalue weighted by molar-refractivity contribution is -0.140. The number of hydrogen-bond donors (Lipinski definition) is 1. The molecular weight excluding hydrogens is 230 g/mol. The molecule has 0 fully saturated rings. The van der Waals surface area contributed by atoms with Crippen molar-refractivity contribution in [2.75, 3.05) is 11.9 Å². The standard InChI is InChI=1S/C12H15NO3.C2H6/c1-9(14)13-12-5-3-4-11(8-12)6-7-16-10(2)15;1-2/h3-5,8H,6-7H2,1-2H3,(H,13,14);1-2H3. The van der Waals surface area contributed by atoms with Crippen LogP contribution in [0.4, 0.5) is 5.69 Å². The smallest absolute Gasteiger partial charge is 0.302 e. The van der Waals surface area contributed by atoms with E-state index in [1.54, 1.807) is 0 Å². The van der Waals surface area contributed by atoms with Crippen molar-refractivity contribution in [1.82, 2.24) is 0 Å². The van der Waals surface area contributed by atoms with Crippen LogP contribution in [0, 0.1) is 0 Å². The molecule has 0 heterocycles. The molecule has 0 aliphatic carbocycles. The largest absolute Gasteiger partial charge is 0.466 e. The van der Waals surface area contributed by atoms with Gasteiger partial charge in [-0.1, -0.05) is 26.0 Å². The predicted molar refractivity (Wildman–Crippen MR) is 72.4 cm³/mol.